The predicted molar refractivity (Wildman–Crippen MR) is 66.2 cm³/mol. The summed E-state index contributed by atoms with van der Waals surface area (Å²) in [6, 6.07) is 0. The van der Waals surface area contributed by atoms with Gasteiger partial charge < -0.3 is 5.73 Å². The molecule has 0 bridgehead atoms. The van der Waals surface area contributed by atoms with E-state index in [9.17, 15) is 0 Å². The Morgan fingerprint density at radius 3 is 2.67 bits per heavy atom. The van der Waals surface area contributed by atoms with Gasteiger partial charge >= 0.3 is 0 Å². The van der Waals surface area contributed by atoms with E-state index in [1.54, 1.807) is 11.3 Å². The Kier molecular flexibility index (Phi) is 3.62. The normalized spacial score (nSPS) is 18.2. The van der Waals surface area contributed by atoms with Gasteiger partial charge in [0.15, 0.2) is 5.13 Å². The molecule has 2 N–H and O–H groups in total. The standard InChI is InChI=1S/C12H20N2S/c1-9-11(15-12(13)14-9)8-7-10-5-3-2-4-6-10/h10H,2-8H2,1H3,(H2,13,14). The molecule has 1 aliphatic rings. The second-order valence-electron chi connectivity index (χ2n) is 4.60. The van der Waals surface area contributed by atoms with E-state index in [1.165, 1.54) is 49.8 Å². The van der Waals surface area contributed by atoms with Crippen LogP contribution >= 0.6 is 11.3 Å². The fraction of sp³-hybridized carbons (Fsp3) is 0.750. The number of nitrogen functional groups attached to an aromatic ring is 1. The third-order valence-electron chi connectivity index (χ3n) is 3.41. The van der Waals surface area contributed by atoms with E-state index in [4.69, 9.17) is 5.73 Å². The third kappa shape index (κ3) is 2.94. The largest absolute Gasteiger partial charge is 0.375 e. The number of rotatable bonds is 3. The lowest BCUT2D eigenvalue weighted by molar-refractivity contribution is 0.340. The monoisotopic (exact) mass is 224 g/mol. The number of anilines is 1. The lowest BCUT2D eigenvalue weighted by Gasteiger charge is -2.20. The van der Waals surface area contributed by atoms with Crippen molar-refractivity contribution in [1.29, 1.82) is 0 Å². The molecule has 0 aromatic carbocycles. The number of aromatic nitrogens is 1. The van der Waals surface area contributed by atoms with Gasteiger partial charge in [0.25, 0.3) is 0 Å². The van der Waals surface area contributed by atoms with Crippen molar-refractivity contribution in [2.24, 2.45) is 5.92 Å². The quantitative estimate of drug-likeness (QED) is 0.852. The van der Waals surface area contributed by atoms with Crippen molar-refractivity contribution in [1.82, 2.24) is 4.98 Å². The van der Waals surface area contributed by atoms with Crippen LogP contribution in [0, 0.1) is 12.8 Å². The molecule has 3 heteroatoms. The number of hydrogen-bond acceptors (Lipinski definition) is 3. The maximum Gasteiger partial charge on any atom is 0.180 e. The number of nitrogens with zero attached hydrogens (tertiary/aromatic N) is 1. The molecule has 0 aliphatic heterocycles. The Balaban J connectivity index is 1.84. The van der Waals surface area contributed by atoms with E-state index in [-0.39, 0.29) is 0 Å². The molecule has 0 unspecified atom stereocenters. The van der Waals surface area contributed by atoms with E-state index in [0.717, 1.165) is 16.7 Å². The van der Waals surface area contributed by atoms with Crippen molar-refractivity contribution in [2.45, 2.75) is 51.9 Å². The Hall–Kier alpha value is -0.570. The average molecular weight is 224 g/mol. The smallest absolute Gasteiger partial charge is 0.180 e. The molecule has 1 aromatic rings. The van der Waals surface area contributed by atoms with Gasteiger partial charge in [-0.1, -0.05) is 32.1 Å². The number of hydrogen-bond donors (Lipinski definition) is 1. The fourth-order valence-electron chi connectivity index (χ4n) is 2.49. The van der Waals surface area contributed by atoms with E-state index in [0.29, 0.717) is 0 Å². The maximum atomic E-state index is 5.70. The molecule has 0 atom stereocenters. The average Bonchev–Trinajstić information content (AvgIpc) is 2.56. The summed E-state index contributed by atoms with van der Waals surface area (Å²) < 4.78 is 0. The molecule has 0 saturated heterocycles. The SMILES string of the molecule is Cc1nc(N)sc1CCC1CCCCC1. The molecule has 1 fully saturated rings. The van der Waals surface area contributed by atoms with Crippen LogP contribution in [0.5, 0.6) is 0 Å². The Labute approximate surface area is 95.9 Å². The van der Waals surface area contributed by atoms with Crippen molar-refractivity contribution in [2.75, 3.05) is 5.73 Å². The summed E-state index contributed by atoms with van der Waals surface area (Å²) in [4.78, 5) is 5.67. The number of aryl methyl sites for hydroxylation is 2. The first kappa shape index (κ1) is 10.9. The molecule has 0 radical (unpaired) electrons. The molecule has 1 saturated carbocycles. The zero-order valence-electron chi connectivity index (χ0n) is 9.46. The summed E-state index contributed by atoms with van der Waals surface area (Å²) in [7, 11) is 0. The highest BCUT2D eigenvalue weighted by Crippen LogP contribution is 2.29. The first-order valence-electron chi connectivity index (χ1n) is 5.97. The van der Waals surface area contributed by atoms with Gasteiger partial charge in [-0.2, -0.15) is 0 Å². The predicted octanol–water partition coefficient (Wildman–Crippen LogP) is 3.55. The van der Waals surface area contributed by atoms with Gasteiger partial charge in [-0.25, -0.2) is 4.98 Å². The van der Waals surface area contributed by atoms with Crippen LogP contribution < -0.4 is 5.73 Å². The van der Waals surface area contributed by atoms with Gasteiger partial charge in [-0.05, 0) is 25.7 Å². The summed E-state index contributed by atoms with van der Waals surface area (Å²) in [5.74, 6) is 0.960. The van der Waals surface area contributed by atoms with E-state index < -0.39 is 0 Å². The molecule has 0 amide bonds. The minimum atomic E-state index is 0.728. The lowest BCUT2D eigenvalue weighted by atomic mass is 9.86. The highest BCUT2D eigenvalue weighted by Gasteiger charge is 2.14. The second kappa shape index (κ2) is 4.97. The van der Waals surface area contributed by atoms with Crippen LogP contribution in [0.15, 0.2) is 0 Å². The van der Waals surface area contributed by atoms with Gasteiger partial charge in [0.05, 0.1) is 5.69 Å². The van der Waals surface area contributed by atoms with Crippen molar-refractivity contribution in [3.63, 3.8) is 0 Å². The second-order valence-corrected chi connectivity index (χ2v) is 5.72. The highest BCUT2D eigenvalue weighted by molar-refractivity contribution is 7.15. The lowest BCUT2D eigenvalue weighted by Crippen LogP contribution is -2.07. The van der Waals surface area contributed by atoms with Gasteiger partial charge in [0.2, 0.25) is 0 Å². The van der Waals surface area contributed by atoms with Crippen LogP contribution in [0.25, 0.3) is 0 Å². The molecular weight excluding hydrogens is 204 g/mol. The minimum Gasteiger partial charge on any atom is -0.375 e. The van der Waals surface area contributed by atoms with E-state index in [1.807, 2.05) is 0 Å². The molecule has 1 heterocycles. The van der Waals surface area contributed by atoms with E-state index >= 15 is 0 Å². The minimum absolute atomic E-state index is 0.728. The van der Waals surface area contributed by atoms with Crippen LogP contribution in [0.1, 0.15) is 49.1 Å². The van der Waals surface area contributed by atoms with Gasteiger partial charge in [0, 0.05) is 4.88 Å². The molecule has 15 heavy (non-hydrogen) atoms. The van der Waals surface area contributed by atoms with Crippen molar-refractivity contribution in [3.8, 4) is 0 Å². The first-order valence-corrected chi connectivity index (χ1v) is 6.79. The first-order chi connectivity index (χ1) is 7.25. The topological polar surface area (TPSA) is 38.9 Å². The zero-order chi connectivity index (χ0) is 10.7. The molecule has 1 aliphatic carbocycles. The summed E-state index contributed by atoms with van der Waals surface area (Å²) in [5.41, 5.74) is 6.84. The van der Waals surface area contributed by atoms with Crippen LogP contribution in [0.3, 0.4) is 0 Å². The fourth-order valence-corrected chi connectivity index (χ4v) is 3.34. The zero-order valence-corrected chi connectivity index (χ0v) is 10.3. The van der Waals surface area contributed by atoms with Crippen LogP contribution in [-0.4, -0.2) is 4.98 Å². The molecular formula is C12H20N2S. The maximum absolute atomic E-state index is 5.70. The summed E-state index contributed by atoms with van der Waals surface area (Å²) in [5, 5.41) is 0.728. The van der Waals surface area contributed by atoms with Crippen molar-refractivity contribution < 1.29 is 0 Å². The van der Waals surface area contributed by atoms with Crippen molar-refractivity contribution >= 4 is 16.5 Å². The third-order valence-corrected chi connectivity index (χ3v) is 4.46. The number of thiazole rings is 1. The molecule has 84 valence electrons. The van der Waals surface area contributed by atoms with Gasteiger partial charge in [-0.15, -0.1) is 11.3 Å². The van der Waals surface area contributed by atoms with Gasteiger partial charge in [-0.3, -0.25) is 0 Å². The molecule has 2 nitrogen and oxygen atoms in total. The highest BCUT2D eigenvalue weighted by atomic mass is 32.1. The van der Waals surface area contributed by atoms with Crippen LogP contribution in [0.4, 0.5) is 5.13 Å². The Bertz CT molecular complexity index is 313. The van der Waals surface area contributed by atoms with Crippen LogP contribution in [-0.2, 0) is 6.42 Å². The molecule has 2 rings (SSSR count). The Morgan fingerprint density at radius 2 is 2.07 bits per heavy atom. The summed E-state index contributed by atoms with van der Waals surface area (Å²) in [6.45, 7) is 2.07. The summed E-state index contributed by atoms with van der Waals surface area (Å²) >= 11 is 1.67. The van der Waals surface area contributed by atoms with Gasteiger partial charge in [0.1, 0.15) is 0 Å². The molecule has 0 spiro atoms. The molecule has 1 aromatic heterocycles. The van der Waals surface area contributed by atoms with Crippen LogP contribution in [0.2, 0.25) is 0 Å². The Morgan fingerprint density at radius 1 is 1.33 bits per heavy atom. The van der Waals surface area contributed by atoms with Crippen molar-refractivity contribution in [3.05, 3.63) is 10.6 Å². The number of nitrogens with two attached hydrogens (primary N) is 1. The van der Waals surface area contributed by atoms with E-state index in [2.05, 4.69) is 11.9 Å². The summed E-state index contributed by atoms with van der Waals surface area (Å²) in [6.07, 6.45) is 9.72.